The lowest BCUT2D eigenvalue weighted by Gasteiger charge is -2.29. The van der Waals surface area contributed by atoms with E-state index in [2.05, 4.69) is 51.1 Å². The maximum Gasteiger partial charge on any atom is 0.229 e. The van der Waals surface area contributed by atoms with Crippen LogP contribution >= 0.6 is 12.2 Å². The number of benzene rings is 1. The molecule has 2 N–H and O–H groups in total. The molecule has 4 heterocycles. The van der Waals surface area contributed by atoms with Crippen LogP contribution in [0.4, 0.5) is 11.4 Å². The second-order valence-electron chi connectivity index (χ2n) is 11.4. The Morgan fingerprint density at radius 3 is 2.56 bits per heavy atom. The molecule has 0 aliphatic carbocycles. The van der Waals surface area contributed by atoms with Gasteiger partial charge < -0.3 is 24.8 Å². The van der Waals surface area contributed by atoms with Crippen molar-refractivity contribution in [3.05, 3.63) is 101 Å². The molecule has 2 atom stereocenters. The summed E-state index contributed by atoms with van der Waals surface area (Å²) in [4.78, 5) is 23.8. The molecule has 1 aromatic carbocycles. The predicted molar refractivity (Wildman–Crippen MR) is 166 cm³/mol. The summed E-state index contributed by atoms with van der Waals surface area (Å²) in [7, 11) is 1.60. The molecule has 5 rings (SSSR count). The van der Waals surface area contributed by atoms with E-state index in [1.165, 1.54) is 0 Å². The summed E-state index contributed by atoms with van der Waals surface area (Å²) < 4.78 is 8.05. The van der Waals surface area contributed by atoms with Gasteiger partial charge in [-0.25, -0.2) is 0 Å². The molecule has 3 aromatic heterocycles. The number of pyridine rings is 2. The van der Waals surface area contributed by atoms with Crippen molar-refractivity contribution in [3.63, 3.8) is 0 Å². The zero-order valence-electron chi connectivity index (χ0n) is 24.3. The summed E-state index contributed by atoms with van der Waals surface area (Å²) in [6.07, 6.45) is 5.50. The van der Waals surface area contributed by atoms with Gasteiger partial charge in [-0.05, 0) is 73.6 Å². The number of rotatable bonds is 7. The zero-order chi connectivity index (χ0) is 29.3. The van der Waals surface area contributed by atoms with Crippen molar-refractivity contribution in [2.75, 3.05) is 17.3 Å². The molecule has 4 aromatic rings. The maximum atomic E-state index is 12.7. The van der Waals surface area contributed by atoms with Gasteiger partial charge in [-0.15, -0.1) is 0 Å². The van der Waals surface area contributed by atoms with Gasteiger partial charge in [0.2, 0.25) is 5.91 Å². The van der Waals surface area contributed by atoms with E-state index in [1.54, 1.807) is 19.5 Å². The lowest BCUT2D eigenvalue weighted by atomic mass is 9.95. The van der Waals surface area contributed by atoms with Crippen molar-refractivity contribution in [2.24, 2.45) is 5.41 Å². The van der Waals surface area contributed by atoms with Crippen LogP contribution in [-0.4, -0.2) is 32.7 Å². The van der Waals surface area contributed by atoms with E-state index >= 15 is 0 Å². The Balaban J connectivity index is 1.59. The van der Waals surface area contributed by atoms with E-state index in [-0.39, 0.29) is 18.0 Å². The number of thiocarbonyl (C=S) groups is 1. The Morgan fingerprint density at radius 2 is 1.90 bits per heavy atom. The van der Waals surface area contributed by atoms with Crippen LogP contribution in [0.15, 0.2) is 73.2 Å². The third-order valence-electron chi connectivity index (χ3n) is 7.49. The number of ether oxygens (including phenoxy) is 1. The molecule has 0 unspecified atom stereocenters. The van der Waals surface area contributed by atoms with Crippen molar-refractivity contribution in [3.8, 4) is 5.75 Å². The summed E-state index contributed by atoms with van der Waals surface area (Å²) in [6.45, 7) is 10.6. The third-order valence-corrected chi connectivity index (χ3v) is 7.80. The molecule has 0 bridgehead atoms. The first-order chi connectivity index (χ1) is 19.6. The topological polar surface area (TPSA) is 84.3 Å². The molecule has 0 saturated carbocycles. The minimum absolute atomic E-state index is 0.0870. The van der Waals surface area contributed by atoms with Gasteiger partial charge in [-0.1, -0.05) is 32.9 Å². The molecule has 0 radical (unpaired) electrons. The number of aryl methyl sites for hydroxylation is 1. The average molecular weight is 569 g/mol. The van der Waals surface area contributed by atoms with Crippen LogP contribution in [0.1, 0.15) is 61.1 Å². The van der Waals surface area contributed by atoms with Crippen LogP contribution in [0.5, 0.6) is 5.75 Å². The van der Waals surface area contributed by atoms with E-state index in [1.807, 2.05) is 69.4 Å². The number of carbonyl (C=O) groups excluding carboxylic acids is 1. The van der Waals surface area contributed by atoms with Gasteiger partial charge in [0, 0.05) is 53.7 Å². The maximum absolute atomic E-state index is 12.7. The molecule has 0 spiro atoms. The first-order valence-electron chi connectivity index (χ1n) is 13.6. The van der Waals surface area contributed by atoms with Crippen LogP contribution < -0.4 is 20.3 Å². The van der Waals surface area contributed by atoms with E-state index in [9.17, 15) is 4.79 Å². The summed E-state index contributed by atoms with van der Waals surface area (Å²) in [5.41, 5.74) is 6.42. The minimum atomic E-state index is -0.538. The van der Waals surface area contributed by atoms with Gasteiger partial charge in [0.05, 0.1) is 30.6 Å². The Bertz CT molecular complexity index is 1560. The van der Waals surface area contributed by atoms with Crippen molar-refractivity contribution >= 4 is 34.6 Å². The van der Waals surface area contributed by atoms with Gasteiger partial charge in [-0.2, -0.15) is 0 Å². The van der Waals surface area contributed by atoms with Crippen LogP contribution in [0.2, 0.25) is 0 Å². The summed E-state index contributed by atoms with van der Waals surface area (Å²) in [5, 5.41) is 7.14. The van der Waals surface area contributed by atoms with E-state index < -0.39 is 5.41 Å². The van der Waals surface area contributed by atoms with Gasteiger partial charge in [-0.3, -0.25) is 14.8 Å². The minimum Gasteiger partial charge on any atom is -0.494 e. The number of aromatic nitrogens is 3. The van der Waals surface area contributed by atoms with Gasteiger partial charge in [0.15, 0.2) is 5.11 Å². The second kappa shape index (κ2) is 11.3. The van der Waals surface area contributed by atoms with Crippen LogP contribution in [0, 0.1) is 19.3 Å². The smallest absolute Gasteiger partial charge is 0.229 e. The fraction of sp³-hybridized carbons (Fsp3) is 0.312. The van der Waals surface area contributed by atoms with Gasteiger partial charge in [0.1, 0.15) is 5.75 Å². The Labute approximate surface area is 246 Å². The average Bonchev–Trinajstić information content (AvgIpc) is 3.44. The molecule has 1 fully saturated rings. The highest BCUT2D eigenvalue weighted by Crippen LogP contribution is 2.45. The van der Waals surface area contributed by atoms with E-state index in [0.717, 1.165) is 40.4 Å². The number of anilines is 2. The highest BCUT2D eigenvalue weighted by atomic mass is 32.1. The molecule has 1 saturated heterocycles. The van der Waals surface area contributed by atoms with Crippen molar-refractivity contribution < 1.29 is 9.53 Å². The molecular formula is C32H36N6O2S. The fourth-order valence-electron chi connectivity index (χ4n) is 5.24. The molecule has 9 heteroatoms. The number of hydrogen-bond donors (Lipinski definition) is 2. The first-order valence-corrected chi connectivity index (χ1v) is 14.0. The molecule has 1 aliphatic rings. The normalized spacial score (nSPS) is 16.9. The highest BCUT2D eigenvalue weighted by Gasteiger charge is 2.42. The number of amides is 1. The number of methoxy groups -OCH3 is 1. The molecule has 1 aliphatic heterocycles. The molecule has 1 amide bonds. The SMILES string of the molecule is COc1cc(N2C(=S)N[C@@H](c3ccccn3)[C@@H]2c2cc(C)n(Cc3cccnc3)c2C)ccc1NC(=O)C(C)(C)C. The van der Waals surface area contributed by atoms with Crippen LogP contribution in [-0.2, 0) is 11.3 Å². The molecule has 212 valence electrons. The quantitative estimate of drug-likeness (QED) is 0.260. The largest absolute Gasteiger partial charge is 0.494 e. The second-order valence-corrected chi connectivity index (χ2v) is 11.7. The Hall–Kier alpha value is -4.24. The monoisotopic (exact) mass is 568 g/mol. The van der Waals surface area contributed by atoms with Crippen molar-refractivity contribution in [1.29, 1.82) is 0 Å². The Kier molecular flexibility index (Phi) is 7.82. The third kappa shape index (κ3) is 5.67. The number of hydrogen-bond acceptors (Lipinski definition) is 5. The number of nitrogens with zero attached hydrogens (tertiary/aromatic N) is 4. The first kappa shape index (κ1) is 28.3. The van der Waals surface area contributed by atoms with Gasteiger partial charge in [0.25, 0.3) is 0 Å². The lowest BCUT2D eigenvalue weighted by molar-refractivity contribution is -0.123. The van der Waals surface area contributed by atoms with Crippen molar-refractivity contribution in [2.45, 2.75) is 53.2 Å². The molecular weight excluding hydrogens is 532 g/mol. The van der Waals surface area contributed by atoms with E-state index in [4.69, 9.17) is 21.9 Å². The fourth-order valence-corrected chi connectivity index (χ4v) is 5.58. The highest BCUT2D eigenvalue weighted by molar-refractivity contribution is 7.80. The molecule has 8 nitrogen and oxygen atoms in total. The van der Waals surface area contributed by atoms with Crippen LogP contribution in [0.25, 0.3) is 0 Å². The van der Waals surface area contributed by atoms with Gasteiger partial charge >= 0.3 is 0 Å². The number of carbonyl (C=O) groups is 1. The summed E-state index contributed by atoms with van der Waals surface area (Å²) in [6, 6.07) is 17.6. The zero-order valence-corrected chi connectivity index (χ0v) is 25.1. The number of nitrogens with one attached hydrogen (secondary N) is 2. The van der Waals surface area contributed by atoms with E-state index in [0.29, 0.717) is 16.5 Å². The van der Waals surface area contributed by atoms with Crippen LogP contribution in [0.3, 0.4) is 0 Å². The standard InChI is InChI=1S/C32H36N6O2S/c1-20-16-24(21(2)37(20)19-22-10-9-14-33-18-22)29-28(26-11-7-8-15-34-26)36-31(41)38(29)23-12-13-25(27(17-23)40-6)35-30(39)32(3,4)5/h7-18,28-29H,19H2,1-6H3,(H,35,39)(H,36,41)/t28-,29-/m0/s1. The Morgan fingerprint density at radius 1 is 1.10 bits per heavy atom. The predicted octanol–water partition coefficient (Wildman–Crippen LogP) is 6.11. The molecule has 41 heavy (non-hydrogen) atoms. The summed E-state index contributed by atoms with van der Waals surface area (Å²) in [5.74, 6) is 0.473. The van der Waals surface area contributed by atoms with Crippen molar-refractivity contribution in [1.82, 2.24) is 19.9 Å². The lowest BCUT2D eigenvalue weighted by Crippen LogP contribution is -2.30. The summed E-state index contributed by atoms with van der Waals surface area (Å²) >= 11 is 5.96.